The number of piperidine rings is 1. The first kappa shape index (κ1) is 26.0. The minimum absolute atomic E-state index is 0.213. The maximum atomic E-state index is 13.5. The van der Waals surface area contributed by atoms with E-state index in [0.29, 0.717) is 53.7 Å². The first-order valence-electron chi connectivity index (χ1n) is 11.7. The second-order valence-electron chi connectivity index (χ2n) is 9.66. The molecule has 1 aliphatic rings. The molecule has 0 radical (unpaired) electrons. The Bertz CT molecular complexity index is 1300. The van der Waals surface area contributed by atoms with E-state index in [4.69, 9.17) is 11.6 Å². The van der Waals surface area contributed by atoms with Crippen LogP contribution in [0.5, 0.6) is 0 Å². The molecular weight excluding hydrogens is 504 g/mol. The van der Waals surface area contributed by atoms with Gasteiger partial charge in [0.15, 0.2) is 5.13 Å². The Morgan fingerprint density at radius 3 is 2.37 bits per heavy atom. The average Bonchev–Trinajstić information content (AvgIpc) is 3.21. The predicted octanol–water partition coefficient (Wildman–Crippen LogP) is 4.82. The van der Waals surface area contributed by atoms with Gasteiger partial charge < -0.3 is 4.90 Å². The summed E-state index contributed by atoms with van der Waals surface area (Å²) in [5.41, 5.74) is 1.20. The van der Waals surface area contributed by atoms with Gasteiger partial charge >= 0.3 is 0 Å². The van der Waals surface area contributed by atoms with Crippen molar-refractivity contribution in [2.75, 3.05) is 45.2 Å². The molecule has 1 amide bonds. The summed E-state index contributed by atoms with van der Waals surface area (Å²) in [6, 6.07) is 11.7. The molecule has 0 aliphatic carbocycles. The van der Waals surface area contributed by atoms with Crippen molar-refractivity contribution in [1.82, 2.24) is 14.2 Å². The minimum Gasteiger partial charge on any atom is -0.308 e. The number of aromatic nitrogens is 1. The Kier molecular flexibility index (Phi) is 7.83. The number of halogens is 1. The normalized spacial score (nSPS) is 19.4. The lowest BCUT2D eigenvalue weighted by atomic mass is 9.94. The van der Waals surface area contributed by atoms with Crippen LogP contribution in [0.3, 0.4) is 0 Å². The van der Waals surface area contributed by atoms with Crippen LogP contribution in [0.15, 0.2) is 47.4 Å². The van der Waals surface area contributed by atoms with Crippen molar-refractivity contribution < 1.29 is 13.2 Å². The number of carbonyl (C=O) groups excluding carboxylic acids is 1. The summed E-state index contributed by atoms with van der Waals surface area (Å²) in [5, 5.41) is 1.20. The molecule has 10 heteroatoms. The van der Waals surface area contributed by atoms with Crippen LogP contribution in [0, 0.1) is 11.8 Å². The van der Waals surface area contributed by atoms with Crippen LogP contribution in [0.1, 0.15) is 30.6 Å². The van der Waals surface area contributed by atoms with Crippen LogP contribution in [-0.4, -0.2) is 68.8 Å². The lowest BCUT2D eigenvalue weighted by Crippen LogP contribution is -2.42. The molecule has 188 valence electrons. The summed E-state index contributed by atoms with van der Waals surface area (Å²) in [7, 11) is 0.288. The summed E-state index contributed by atoms with van der Waals surface area (Å²) < 4.78 is 28.9. The number of benzene rings is 2. The van der Waals surface area contributed by atoms with E-state index < -0.39 is 10.0 Å². The first-order chi connectivity index (χ1) is 16.5. The SMILES string of the molecule is CC1CC(C)CN(S(=O)(=O)c2ccc(C(=O)N(CCN(C)C)c3nc4ccc(Cl)cc4s3)cc2)C1. The second kappa shape index (κ2) is 10.5. The van der Waals surface area contributed by atoms with Crippen molar-refractivity contribution in [2.45, 2.75) is 25.2 Å². The molecule has 2 atom stereocenters. The smallest absolute Gasteiger partial charge is 0.260 e. The summed E-state index contributed by atoms with van der Waals surface area (Å²) in [6.45, 7) is 6.31. The van der Waals surface area contributed by atoms with Gasteiger partial charge in [-0.1, -0.05) is 36.8 Å². The fourth-order valence-corrected chi connectivity index (χ4v) is 7.41. The molecule has 4 rings (SSSR count). The van der Waals surface area contributed by atoms with Crippen LogP contribution in [0.2, 0.25) is 5.02 Å². The number of fused-ring (bicyclic) bond motifs is 1. The van der Waals surface area contributed by atoms with Gasteiger partial charge in [0, 0.05) is 36.8 Å². The van der Waals surface area contributed by atoms with Crippen LogP contribution in [0.25, 0.3) is 10.2 Å². The first-order valence-corrected chi connectivity index (χ1v) is 14.3. The number of nitrogens with zero attached hydrogens (tertiary/aromatic N) is 4. The molecule has 0 spiro atoms. The van der Waals surface area contributed by atoms with Gasteiger partial charge in [-0.2, -0.15) is 4.31 Å². The van der Waals surface area contributed by atoms with Crippen LogP contribution in [0.4, 0.5) is 5.13 Å². The van der Waals surface area contributed by atoms with E-state index in [-0.39, 0.29) is 10.8 Å². The van der Waals surface area contributed by atoms with E-state index in [0.717, 1.165) is 16.6 Å². The highest BCUT2D eigenvalue weighted by atomic mass is 35.5. The summed E-state index contributed by atoms with van der Waals surface area (Å²) in [5.74, 6) is 0.424. The quantitative estimate of drug-likeness (QED) is 0.434. The second-order valence-corrected chi connectivity index (χ2v) is 13.0. The number of thiazole rings is 1. The molecule has 1 saturated heterocycles. The molecule has 2 unspecified atom stereocenters. The molecule has 35 heavy (non-hydrogen) atoms. The highest BCUT2D eigenvalue weighted by molar-refractivity contribution is 7.89. The Morgan fingerprint density at radius 2 is 1.74 bits per heavy atom. The zero-order valence-corrected chi connectivity index (χ0v) is 22.8. The molecule has 1 fully saturated rings. The third-order valence-corrected chi connectivity index (χ3v) is 9.28. The van der Waals surface area contributed by atoms with Gasteiger partial charge in [0.1, 0.15) is 0 Å². The number of hydrogen-bond donors (Lipinski definition) is 0. The van der Waals surface area contributed by atoms with E-state index in [1.807, 2.05) is 31.1 Å². The molecule has 0 N–H and O–H groups in total. The topological polar surface area (TPSA) is 73.8 Å². The third-order valence-electron chi connectivity index (χ3n) is 6.16. The number of likely N-dealkylation sites (N-methyl/N-ethyl adjacent to an activating group) is 1. The maximum absolute atomic E-state index is 13.5. The van der Waals surface area contributed by atoms with Crippen LogP contribution in [-0.2, 0) is 10.0 Å². The Labute approximate surface area is 216 Å². The highest BCUT2D eigenvalue weighted by Crippen LogP contribution is 2.32. The lowest BCUT2D eigenvalue weighted by Gasteiger charge is -2.34. The van der Waals surface area contributed by atoms with E-state index in [1.54, 1.807) is 27.4 Å². The number of sulfonamides is 1. The van der Waals surface area contributed by atoms with Crippen LogP contribution >= 0.6 is 22.9 Å². The molecule has 1 aromatic heterocycles. The molecule has 2 aromatic carbocycles. The molecule has 0 bridgehead atoms. The van der Waals surface area contributed by atoms with E-state index >= 15 is 0 Å². The molecule has 7 nitrogen and oxygen atoms in total. The van der Waals surface area contributed by atoms with Crippen molar-refractivity contribution in [2.24, 2.45) is 11.8 Å². The fourth-order valence-electron chi connectivity index (χ4n) is 4.46. The summed E-state index contributed by atoms with van der Waals surface area (Å²) in [4.78, 5) is 22.1. The van der Waals surface area contributed by atoms with Crippen molar-refractivity contribution in [3.05, 3.63) is 53.1 Å². The van der Waals surface area contributed by atoms with E-state index in [2.05, 4.69) is 18.8 Å². The molecule has 0 saturated carbocycles. The summed E-state index contributed by atoms with van der Waals surface area (Å²) >= 11 is 7.54. The van der Waals surface area contributed by atoms with Gasteiger partial charge in [0.05, 0.1) is 15.1 Å². The number of hydrogen-bond acceptors (Lipinski definition) is 6. The summed E-state index contributed by atoms with van der Waals surface area (Å²) in [6.07, 6.45) is 1.03. The van der Waals surface area contributed by atoms with E-state index in [9.17, 15) is 13.2 Å². The van der Waals surface area contributed by atoms with Gasteiger partial charge in [-0.3, -0.25) is 9.69 Å². The van der Waals surface area contributed by atoms with Crippen molar-refractivity contribution in [3.8, 4) is 0 Å². The molecule has 2 heterocycles. The highest BCUT2D eigenvalue weighted by Gasteiger charge is 2.32. The number of anilines is 1. The monoisotopic (exact) mass is 534 g/mol. The Hall–Kier alpha value is -2.04. The van der Waals surface area contributed by atoms with Crippen molar-refractivity contribution in [3.63, 3.8) is 0 Å². The lowest BCUT2D eigenvalue weighted by molar-refractivity contribution is 0.0985. The van der Waals surface area contributed by atoms with Gasteiger partial charge in [0.2, 0.25) is 10.0 Å². The van der Waals surface area contributed by atoms with Crippen LogP contribution < -0.4 is 4.90 Å². The third kappa shape index (κ3) is 5.86. The standard InChI is InChI=1S/C25H31ClN4O3S2/c1-17-13-18(2)16-29(15-17)35(32,33)21-8-5-19(6-9-21)24(31)30(12-11-28(3)4)25-27-22-10-7-20(26)14-23(22)34-25/h5-10,14,17-18H,11-13,15-16H2,1-4H3. The maximum Gasteiger partial charge on any atom is 0.260 e. The van der Waals surface area contributed by atoms with Gasteiger partial charge in [-0.15, -0.1) is 0 Å². The zero-order valence-electron chi connectivity index (χ0n) is 20.4. The fraction of sp³-hybridized carbons (Fsp3) is 0.440. The predicted molar refractivity (Wildman–Crippen MR) is 143 cm³/mol. The van der Waals surface area contributed by atoms with Gasteiger partial charge in [-0.25, -0.2) is 13.4 Å². The van der Waals surface area contributed by atoms with Crippen molar-refractivity contribution >= 4 is 54.2 Å². The average molecular weight is 535 g/mol. The molecule has 3 aromatic rings. The Balaban J connectivity index is 1.60. The molecular formula is C25H31ClN4O3S2. The van der Waals surface area contributed by atoms with E-state index in [1.165, 1.54) is 23.5 Å². The number of amides is 1. The molecule has 1 aliphatic heterocycles. The Morgan fingerprint density at radius 1 is 1.09 bits per heavy atom. The van der Waals surface area contributed by atoms with Gasteiger partial charge in [0.25, 0.3) is 5.91 Å². The largest absolute Gasteiger partial charge is 0.308 e. The van der Waals surface area contributed by atoms with Gasteiger partial charge in [-0.05, 0) is 74.8 Å². The number of rotatable bonds is 7. The number of carbonyl (C=O) groups is 1. The zero-order chi connectivity index (χ0) is 25.3. The van der Waals surface area contributed by atoms with Crippen molar-refractivity contribution in [1.29, 1.82) is 0 Å². The minimum atomic E-state index is -3.61.